The maximum Gasteiger partial charge on any atom is 0.227 e. The average Bonchev–Trinajstić information content (AvgIpc) is 2.63. The number of Topliss-reactive ketones (excluding diaryl/α,β-unsaturated/α-hetero) is 1. The number of aromatic nitrogens is 1. The first-order valence-electron chi connectivity index (χ1n) is 7.51. The number of nitrogens with zero attached hydrogens (tertiary/aromatic N) is 1. The number of rotatable bonds is 5. The van der Waals surface area contributed by atoms with Gasteiger partial charge < -0.3 is 5.48 Å². The van der Waals surface area contributed by atoms with E-state index in [1.54, 1.807) is 53.4 Å². The minimum atomic E-state index is -0.0259. The Morgan fingerprint density at radius 3 is 1.88 bits per heavy atom. The zero-order valence-electron chi connectivity index (χ0n) is 13.8. The van der Waals surface area contributed by atoms with Gasteiger partial charge in [-0.25, -0.2) is 0 Å². The lowest BCUT2D eigenvalue weighted by atomic mass is 10.0. The molecule has 1 heterocycles. The minimum absolute atomic E-state index is 0. The van der Waals surface area contributed by atoms with Gasteiger partial charge >= 0.3 is 0 Å². The van der Waals surface area contributed by atoms with Gasteiger partial charge in [-0.2, -0.15) is 4.57 Å². The van der Waals surface area contributed by atoms with Gasteiger partial charge in [-0.3, -0.25) is 9.59 Å². The van der Waals surface area contributed by atoms with E-state index in [9.17, 15) is 9.59 Å². The summed E-state index contributed by atoms with van der Waals surface area (Å²) in [5.41, 5.74) is 1.92. The summed E-state index contributed by atoms with van der Waals surface area (Å²) in [5, 5.41) is 0. The number of ketones is 2. The van der Waals surface area contributed by atoms with E-state index < -0.39 is 0 Å². The standard InChI is InChI=1S/C20H15BrNO2.BrH.H2O/c21-18-8-6-15(7-9-18)19(23)14-22-12-10-17(11-13-22)20(24)16-4-2-1-3-5-16;;/h1-13H,14H2;1H;1H2/q+1;;. The molecule has 3 aromatic rings. The molecule has 3 rings (SSSR count). The second-order valence-electron chi connectivity index (χ2n) is 5.38. The highest BCUT2D eigenvalue weighted by atomic mass is 79.9. The monoisotopic (exact) mass is 478 g/mol. The van der Waals surface area contributed by atoms with Crippen LogP contribution in [0.5, 0.6) is 0 Å². The number of hydrogen-bond acceptors (Lipinski definition) is 2. The molecule has 2 aromatic carbocycles. The highest BCUT2D eigenvalue weighted by Crippen LogP contribution is 2.11. The Hall–Kier alpha value is -2.15. The number of hydrogen-bond donors (Lipinski definition) is 0. The number of benzene rings is 2. The number of carbonyl (C=O) groups excluding carboxylic acids is 2. The fourth-order valence-electron chi connectivity index (χ4n) is 2.36. The Labute approximate surface area is 170 Å². The van der Waals surface area contributed by atoms with Crippen LogP contribution in [0, 0.1) is 0 Å². The SMILES string of the molecule is Br.O.O=C(C[n+]1ccc(C(=O)c2ccccc2)cc1)c1ccc(Br)cc1. The van der Waals surface area contributed by atoms with Crippen molar-refractivity contribution in [1.82, 2.24) is 0 Å². The van der Waals surface area contributed by atoms with Crippen LogP contribution in [0.2, 0.25) is 0 Å². The molecule has 1 aromatic heterocycles. The molecule has 0 radical (unpaired) electrons. The van der Waals surface area contributed by atoms with Crippen molar-refractivity contribution >= 4 is 44.5 Å². The van der Waals surface area contributed by atoms with E-state index in [4.69, 9.17) is 0 Å². The lowest BCUT2D eigenvalue weighted by Crippen LogP contribution is -2.37. The summed E-state index contributed by atoms with van der Waals surface area (Å²) in [5.74, 6) is -0.00313. The van der Waals surface area contributed by atoms with Gasteiger partial charge in [-0.1, -0.05) is 58.4 Å². The molecule has 0 aliphatic carbocycles. The molecule has 0 aliphatic heterocycles. The first kappa shape index (κ1) is 21.9. The zero-order valence-corrected chi connectivity index (χ0v) is 17.1. The maximum atomic E-state index is 12.4. The van der Waals surface area contributed by atoms with E-state index in [-0.39, 0.29) is 40.6 Å². The Balaban J connectivity index is 0.00000169. The first-order chi connectivity index (χ1) is 11.6. The molecule has 26 heavy (non-hydrogen) atoms. The van der Waals surface area contributed by atoms with E-state index >= 15 is 0 Å². The lowest BCUT2D eigenvalue weighted by molar-refractivity contribution is -0.683. The molecule has 0 amide bonds. The third kappa shape index (κ3) is 5.42. The quantitative estimate of drug-likeness (QED) is 0.414. The molecule has 0 saturated heterocycles. The molecule has 0 atom stereocenters. The first-order valence-corrected chi connectivity index (χ1v) is 8.30. The summed E-state index contributed by atoms with van der Waals surface area (Å²) in [6, 6.07) is 19.9. The largest absolute Gasteiger partial charge is 0.412 e. The van der Waals surface area contributed by atoms with Crippen LogP contribution >= 0.6 is 32.9 Å². The van der Waals surface area contributed by atoms with E-state index in [0.29, 0.717) is 16.7 Å². The van der Waals surface area contributed by atoms with Crippen LogP contribution in [0.25, 0.3) is 0 Å². The van der Waals surface area contributed by atoms with Gasteiger partial charge in [0, 0.05) is 33.3 Å². The molecule has 0 unspecified atom stereocenters. The molecule has 0 spiro atoms. The van der Waals surface area contributed by atoms with Gasteiger partial charge in [0.2, 0.25) is 12.3 Å². The average molecular weight is 480 g/mol. The van der Waals surface area contributed by atoms with Gasteiger partial charge in [0.05, 0.1) is 0 Å². The fraction of sp³-hybridized carbons (Fsp3) is 0.0500. The van der Waals surface area contributed by atoms with Gasteiger partial charge in [0.25, 0.3) is 0 Å². The Morgan fingerprint density at radius 1 is 0.769 bits per heavy atom. The van der Waals surface area contributed by atoms with Crippen LogP contribution in [0.1, 0.15) is 26.3 Å². The third-order valence-corrected chi connectivity index (χ3v) is 4.21. The predicted octanol–water partition coefficient (Wildman–Crippen LogP) is 3.60. The molecule has 4 nitrogen and oxygen atoms in total. The number of halogens is 2. The smallest absolute Gasteiger partial charge is 0.227 e. The van der Waals surface area contributed by atoms with Crippen molar-refractivity contribution in [1.29, 1.82) is 0 Å². The van der Waals surface area contributed by atoms with Crippen LogP contribution in [0.15, 0.2) is 83.6 Å². The molecular formula is C20H18Br2NO3+. The third-order valence-electron chi connectivity index (χ3n) is 3.68. The molecule has 2 N–H and O–H groups in total. The number of carbonyl (C=O) groups is 2. The fourth-order valence-corrected chi connectivity index (χ4v) is 2.63. The van der Waals surface area contributed by atoms with Crippen LogP contribution in [0.4, 0.5) is 0 Å². The van der Waals surface area contributed by atoms with Crippen molar-refractivity contribution in [3.05, 3.63) is 100 Å². The highest BCUT2D eigenvalue weighted by Gasteiger charge is 2.14. The van der Waals surface area contributed by atoms with E-state index in [1.807, 2.05) is 30.3 Å². The van der Waals surface area contributed by atoms with Gasteiger partial charge in [0.1, 0.15) is 0 Å². The van der Waals surface area contributed by atoms with Crippen molar-refractivity contribution in [2.45, 2.75) is 6.54 Å². The van der Waals surface area contributed by atoms with Crippen molar-refractivity contribution in [3.8, 4) is 0 Å². The summed E-state index contributed by atoms with van der Waals surface area (Å²) in [6.45, 7) is 0.238. The van der Waals surface area contributed by atoms with E-state index in [0.717, 1.165) is 4.47 Å². The van der Waals surface area contributed by atoms with Gasteiger partial charge in [0.15, 0.2) is 18.2 Å². The van der Waals surface area contributed by atoms with Crippen LogP contribution < -0.4 is 4.57 Å². The second-order valence-corrected chi connectivity index (χ2v) is 6.30. The Bertz CT molecular complexity index is 864. The molecule has 0 bridgehead atoms. The normalized spacial score (nSPS) is 9.58. The van der Waals surface area contributed by atoms with Crippen molar-refractivity contribution in [2.75, 3.05) is 0 Å². The zero-order chi connectivity index (χ0) is 16.9. The Morgan fingerprint density at radius 2 is 1.31 bits per heavy atom. The maximum absolute atomic E-state index is 12.4. The summed E-state index contributed by atoms with van der Waals surface area (Å²) >= 11 is 3.35. The van der Waals surface area contributed by atoms with Crippen molar-refractivity contribution in [2.24, 2.45) is 0 Å². The van der Waals surface area contributed by atoms with Crippen LogP contribution in [-0.2, 0) is 6.54 Å². The molecule has 0 fully saturated rings. The summed E-state index contributed by atoms with van der Waals surface area (Å²) in [7, 11) is 0. The molecular weight excluding hydrogens is 462 g/mol. The van der Waals surface area contributed by atoms with Crippen LogP contribution in [0.3, 0.4) is 0 Å². The Kier molecular flexibility index (Phi) is 8.51. The second kappa shape index (κ2) is 10.1. The van der Waals surface area contributed by atoms with Crippen molar-refractivity contribution in [3.63, 3.8) is 0 Å². The molecule has 134 valence electrons. The molecule has 0 aliphatic rings. The van der Waals surface area contributed by atoms with Crippen LogP contribution in [-0.4, -0.2) is 17.0 Å². The van der Waals surface area contributed by atoms with Gasteiger partial charge in [-0.05, 0) is 12.1 Å². The van der Waals surface area contributed by atoms with Gasteiger partial charge in [-0.15, -0.1) is 17.0 Å². The van der Waals surface area contributed by atoms with E-state index in [1.165, 1.54) is 0 Å². The summed E-state index contributed by atoms with van der Waals surface area (Å²) < 4.78 is 2.71. The molecule has 6 heteroatoms. The lowest BCUT2D eigenvalue weighted by Gasteiger charge is -2.01. The predicted molar refractivity (Wildman–Crippen MR) is 109 cm³/mol. The highest BCUT2D eigenvalue weighted by molar-refractivity contribution is 9.10. The van der Waals surface area contributed by atoms with E-state index in [2.05, 4.69) is 15.9 Å². The van der Waals surface area contributed by atoms with Crippen molar-refractivity contribution < 1.29 is 19.6 Å². The summed E-state index contributed by atoms with van der Waals surface area (Å²) in [6.07, 6.45) is 3.51. The minimum Gasteiger partial charge on any atom is -0.412 e. The summed E-state index contributed by atoms with van der Waals surface area (Å²) in [4.78, 5) is 24.6. The molecule has 0 saturated carbocycles. The topological polar surface area (TPSA) is 69.5 Å². The number of pyridine rings is 1.